The smallest absolute Gasteiger partial charge is 0.407 e. The molecule has 1 saturated heterocycles. The lowest BCUT2D eigenvalue weighted by Crippen LogP contribution is -2.40. The molecule has 0 bridgehead atoms. The molecular weight excluding hydrogens is 178 g/mol. The van der Waals surface area contributed by atoms with Crippen LogP contribution in [0.25, 0.3) is 0 Å². The van der Waals surface area contributed by atoms with E-state index in [0.29, 0.717) is 5.88 Å². The third kappa shape index (κ3) is 1.83. The van der Waals surface area contributed by atoms with Gasteiger partial charge in [-0.05, 0) is 0 Å². The van der Waals surface area contributed by atoms with E-state index in [9.17, 15) is 4.79 Å². The summed E-state index contributed by atoms with van der Waals surface area (Å²) in [6, 6.07) is -0.0563. The molecule has 0 radical (unpaired) electrons. The molecule has 70 valence electrons. The summed E-state index contributed by atoms with van der Waals surface area (Å²) in [6.45, 7) is 6.08. The molecule has 0 aromatic rings. The maximum absolute atomic E-state index is 10.9. The Morgan fingerprint density at radius 3 is 2.50 bits per heavy atom. The first kappa shape index (κ1) is 9.65. The van der Waals surface area contributed by atoms with Crippen molar-refractivity contribution in [3.05, 3.63) is 0 Å². The van der Waals surface area contributed by atoms with Crippen LogP contribution in [0.4, 0.5) is 4.79 Å². The van der Waals surface area contributed by atoms with Crippen LogP contribution >= 0.6 is 11.6 Å². The molecule has 0 spiro atoms. The van der Waals surface area contributed by atoms with Crippen molar-refractivity contribution in [1.29, 1.82) is 0 Å². The van der Waals surface area contributed by atoms with Crippen molar-refractivity contribution < 1.29 is 9.53 Å². The first-order valence-electron chi connectivity index (χ1n) is 3.98. The molecule has 1 heterocycles. The Balaban J connectivity index is 2.70. The highest BCUT2D eigenvalue weighted by Gasteiger charge is 2.41. The zero-order chi connectivity index (χ0) is 9.35. The van der Waals surface area contributed by atoms with Crippen molar-refractivity contribution in [3.63, 3.8) is 0 Å². The zero-order valence-corrected chi connectivity index (χ0v) is 8.31. The molecule has 0 aromatic heterocycles. The topological polar surface area (TPSA) is 38.3 Å². The van der Waals surface area contributed by atoms with Gasteiger partial charge in [-0.1, -0.05) is 20.8 Å². The van der Waals surface area contributed by atoms with E-state index >= 15 is 0 Å². The summed E-state index contributed by atoms with van der Waals surface area (Å²) in [4.78, 5) is 10.9. The number of rotatable bonds is 1. The lowest BCUT2D eigenvalue weighted by atomic mass is 9.85. The van der Waals surface area contributed by atoms with Crippen molar-refractivity contribution in [2.75, 3.05) is 5.88 Å². The molecular formula is C8H14ClNO2. The van der Waals surface area contributed by atoms with Crippen LogP contribution in [0.2, 0.25) is 0 Å². The number of alkyl carbamates (subject to hydrolysis) is 1. The molecule has 1 fully saturated rings. The molecule has 1 aliphatic rings. The van der Waals surface area contributed by atoms with Gasteiger partial charge in [0.05, 0.1) is 6.04 Å². The third-order valence-electron chi connectivity index (χ3n) is 1.92. The summed E-state index contributed by atoms with van der Waals surface area (Å²) in [6.07, 6.45) is -0.483. The van der Waals surface area contributed by atoms with Gasteiger partial charge in [-0.3, -0.25) is 0 Å². The van der Waals surface area contributed by atoms with Crippen LogP contribution in [0.1, 0.15) is 20.8 Å². The minimum absolute atomic E-state index is 0.0563. The van der Waals surface area contributed by atoms with Crippen LogP contribution in [0.3, 0.4) is 0 Å². The second-order valence-corrected chi connectivity index (χ2v) is 4.41. The maximum Gasteiger partial charge on any atom is 0.407 e. The Bertz CT molecular complexity index is 188. The number of carbonyl (C=O) groups is 1. The quantitative estimate of drug-likeness (QED) is 0.642. The summed E-state index contributed by atoms with van der Waals surface area (Å²) in [7, 11) is 0. The molecule has 4 heteroatoms. The van der Waals surface area contributed by atoms with Crippen molar-refractivity contribution in [1.82, 2.24) is 5.32 Å². The van der Waals surface area contributed by atoms with Gasteiger partial charge in [0, 0.05) is 11.3 Å². The van der Waals surface area contributed by atoms with Gasteiger partial charge in [0.15, 0.2) is 0 Å². The van der Waals surface area contributed by atoms with Gasteiger partial charge in [-0.25, -0.2) is 4.79 Å². The molecule has 0 unspecified atom stereocenters. The fourth-order valence-corrected chi connectivity index (χ4v) is 1.60. The number of halogens is 1. The first-order chi connectivity index (χ1) is 5.45. The highest BCUT2D eigenvalue weighted by Crippen LogP contribution is 2.28. The Hall–Kier alpha value is -0.440. The van der Waals surface area contributed by atoms with Crippen LogP contribution in [0.5, 0.6) is 0 Å². The highest BCUT2D eigenvalue weighted by atomic mass is 35.5. The standard InChI is InChI=1S/C8H14ClNO2/c1-8(2,3)6-5(4-9)10-7(11)12-6/h5-6H,4H2,1-3H3,(H,10,11)/t5-,6+/m1/s1. The lowest BCUT2D eigenvalue weighted by molar-refractivity contribution is 0.0595. The zero-order valence-electron chi connectivity index (χ0n) is 7.56. The van der Waals surface area contributed by atoms with E-state index in [4.69, 9.17) is 16.3 Å². The fourth-order valence-electron chi connectivity index (χ4n) is 1.36. The third-order valence-corrected chi connectivity index (χ3v) is 2.25. The van der Waals surface area contributed by atoms with E-state index in [0.717, 1.165) is 0 Å². The van der Waals surface area contributed by atoms with Gasteiger partial charge >= 0.3 is 6.09 Å². The van der Waals surface area contributed by atoms with Gasteiger partial charge in [-0.2, -0.15) is 0 Å². The van der Waals surface area contributed by atoms with Gasteiger partial charge in [0.2, 0.25) is 0 Å². The predicted octanol–water partition coefficient (Wildman–Crippen LogP) is 1.75. The van der Waals surface area contributed by atoms with Crippen LogP contribution in [0.15, 0.2) is 0 Å². The van der Waals surface area contributed by atoms with Gasteiger partial charge < -0.3 is 10.1 Å². The summed E-state index contributed by atoms with van der Waals surface area (Å²) in [5.74, 6) is 0.397. The maximum atomic E-state index is 10.9. The second kappa shape index (κ2) is 3.13. The molecule has 3 nitrogen and oxygen atoms in total. The van der Waals surface area contributed by atoms with Gasteiger partial charge in [-0.15, -0.1) is 11.6 Å². The van der Waals surface area contributed by atoms with E-state index in [1.54, 1.807) is 0 Å². The average Bonchev–Trinajstić information content (AvgIpc) is 2.29. The molecule has 1 N–H and O–H groups in total. The summed E-state index contributed by atoms with van der Waals surface area (Å²) < 4.78 is 5.09. The number of nitrogens with one attached hydrogen (secondary N) is 1. The molecule has 1 rings (SSSR count). The van der Waals surface area contributed by atoms with Crippen molar-refractivity contribution in [2.24, 2.45) is 5.41 Å². The van der Waals surface area contributed by atoms with Crippen molar-refractivity contribution >= 4 is 17.7 Å². The molecule has 0 aromatic carbocycles. The molecule has 1 amide bonds. The number of carbonyl (C=O) groups excluding carboxylic acids is 1. The highest BCUT2D eigenvalue weighted by molar-refractivity contribution is 6.18. The number of cyclic esters (lactones) is 1. The van der Waals surface area contributed by atoms with E-state index in [1.807, 2.05) is 20.8 Å². The van der Waals surface area contributed by atoms with Crippen LogP contribution < -0.4 is 5.32 Å². The molecule has 12 heavy (non-hydrogen) atoms. The molecule has 1 aliphatic heterocycles. The van der Waals surface area contributed by atoms with Gasteiger partial charge in [0.1, 0.15) is 6.10 Å². The number of hydrogen-bond acceptors (Lipinski definition) is 2. The Kier molecular flexibility index (Phi) is 2.52. The van der Waals surface area contributed by atoms with E-state index in [2.05, 4.69) is 5.32 Å². The van der Waals surface area contributed by atoms with E-state index in [1.165, 1.54) is 0 Å². The summed E-state index contributed by atoms with van der Waals surface area (Å²) in [5.41, 5.74) is -0.0568. The number of ether oxygens (including phenoxy) is 1. The van der Waals surface area contributed by atoms with E-state index in [-0.39, 0.29) is 23.7 Å². The van der Waals surface area contributed by atoms with Crippen LogP contribution in [-0.2, 0) is 4.74 Å². The molecule has 2 atom stereocenters. The number of alkyl halides is 1. The van der Waals surface area contributed by atoms with E-state index < -0.39 is 0 Å². The van der Waals surface area contributed by atoms with Gasteiger partial charge in [0.25, 0.3) is 0 Å². The largest absolute Gasteiger partial charge is 0.443 e. The minimum Gasteiger partial charge on any atom is -0.443 e. The fraction of sp³-hybridized carbons (Fsp3) is 0.875. The number of hydrogen-bond donors (Lipinski definition) is 1. The summed E-state index contributed by atoms with van der Waals surface area (Å²) in [5, 5.41) is 2.67. The minimum atomic E-state index is -0.361. The SMILES string of the molecule is CC(C)(C)[C@H]1OC(=O)N[C@@H]1CCl. The number of amides is 1. The molecule has 0 saturated carbocycles. The monoisotopic (exact) mass is 191 g/mol. The Morgan fingerprint density at radius 1 is 1.58 bits per heavy atom. The average molecular weight is 192 g/mol. The first-order valence-corrected chi connectivity index (χ1v) is 4.51. The Morgan fingerprint density at radius 2 is 2.17 bits per heavy atom. The van der Waals surface area contributed by atoms with Crippen LogP contribution in [0, 0.1) is 5.41 Å². The predicted molar refractivity (Wildman–Crippen MR) is 47.4 cm³/mol. The lowest BCUT2D eigenvalue weighted by Gasteiger charge is -2.28. The Labute approximate surface area is 77.4 Å². The normalized spacial score (nSPS) is 29.8. The summed E-state index contributed by atoms with van der Waals surface area (Å²) >= 11 is 5.68. The van der Waals surface area contributed by atoms with Crippen molar-refractivity contribution in [3.8, 4) is 0 Å². The molecule has 0 aliphatic carbocycles. The van der Waals surface area contributed by atoms with Crippen molar-refractivity contribution in [2.45, 2.75) is 32.9 Å². The second-order valence-electron chi connectivity index (χ2n) is 4.10. The van der Waals surface area contributed by atoms with Crippen LogP contribution in [-0.4, -0.2) is 24.1 Å².